The molecule has 0 aliphatic heterocycles. The van der Waals surface area contributed by atoms with Gasteiger partial charge in [0.2, 0.25) is 0 Å². The van der Waals surface area contributed by atoms with Crippen molar-refractivity contribution in [3.8, 4) is 0 Å². The number of rotatable bonds is 11. The molecule has 1 aromatic heterocycles. The van der Waals surface area contributed by atoms with Crippen LogP contribution in [0.5, 0.6) is 0 Å². The van der Waals surface area contributed by atoms with Crippen molar-refractivity contribution in [2.24, 2.45) is 4.99 Å². The van der Waals surface area contributed by atoms with Crippen LogP contribution in [-0.4, -0.2) is 51.3 Å². The number of guanidine groups is 1. The fraction of sp³-hybridized carbons (Fsp3) is 0.476. The summed E-state index contributed by atoms with van der Waals surface area (Å²) in [6, 6.07) is 14.8. The number of hydrogen-bond donors (Lipinski definition) is 1. The van der Waals surface area contributed by atoms with E-state index in [0.29, 0.717) is 0 Å². The van der Waals surface area contributed by atoms with Gasteiger partial charge in [0, 0.05) is 38.7 Å². The molecule has 1 aromatic carbocycles. The lowest BCUT2D eigenvalue weighted by atomic mass is 10.2. The first-order valence-corrected chi connectivity index (χ1v) is 10.2. The van der Waals surface area contributed by atoms with Gasteiger partial charge in [-0.3, -0.25) is 4.99 Å². The van der Waals surface area contributed by atoms with Crippen molar-refractivity contribution in [3.05, 3.63) is 58.3 Å². The molecule has 0 unspecified atom stereocenters. The van der Waals surface area contributed by atoms with Crippen LogP contribution in [0.3, 0.4) is 0 Å². The van der Waals surface area contributed by atoms with Gasteiger partial charge in [0.15, 0.2) is 5.96 Å². The lowest BCUT2D eigenvalue weighted by Gasteiger charge is -2.21. The molecule has 0 amide bonds. The van der Waals surface area contributed by atoms with Crippen LogP contribution in [0.4, 0.5) is 0 Å². The summed E-state index contributed by atoms with van der Waals surface area (Å²) >= 11 is 1.81. The predicted octanol–water partition coefficient (Wildman–Crippen LogP) is 3.84. The summed E-state index contributed by atoms with van der Waals surface area (Å²) in [6.07, 6.45) is 4.20. The van der Waals surface area contributed by atoms with E-state index in [4.69, 9.17) is 4.74 Å². The van der Waals surface area contributed by atoms with E-state index in [1.54, 1.807) is 0 Å². The van der Waals surface area contributed by atoms with E-state index in [9.17, 15) is 0 Å². The first kappa shape index (κ1) is 20.5. The second-order valence-electron chi connectivity index (χ2n) is 6.28. The molecule has 0 saturated heterocycles. The van der Waals surface area contributed by atoms with Crippen molar-refractivity contribution in [3.63, 3.8) is 0 Å². The number of thiophene rings is 1. The molecule has 2 rings (SSSR count). The Labute approximate surface area is 161 Å². The molecule has 0 saturated carbocycles. The topological polar surface area (TPSA) is 36.9 Å². The molecular weight excluding hydrogens is 342 g/mol. The molecule has 0 atom stereocenters. The van der Waals surface area contributed by atoms with Gasteiger partial charge in [0.25, 0.3) is 0 Å². The van der Waals surface area contributed by atoms with Gasteiger partial charge in [-0.05, 0) is 42.7 Å². The number of ether oxygens (including phenoxy) is 1. The SMILES string of the molecule is CN=C(NCCCCOCCc1ccccc1)N(C)CCc1cccs1. The largest absolute Gasteiger partial charge is 0.381 e. The monoisotopic (exact) mass is 373 g/mol. The second kappa shape index (κ2) is 12.5. The summed E-state index contributed by atoms with van der Waals surface area (Å²) in [5.41, 5.74) is 1.34. The highest BCUT2D eigenvalue weighted by Gasteiger charge is 2.05. The van der Waals surface area contributed by atoms with E-state index in [0.717, 1.165) is 57.9 Å². The van der Waals surface area contributed by atoms with Gasteiger partial charge in [0.1, 0.15) is 0 Å². The van der Waals surface area contributed by atoms with Crippen LogP contribution in [-0.2, 0) is 17.6 Å². The third-order valence-electron chi connectivity index (χ3n) is 4.22. The first-order chi connectivity index (χ1) is 12.8. The Bertz CT molecular complexity index is 613. The minimum absolute atomic E-state index is 0.796. The van der Waals surface area contributed by atoms with Crippen molar-refractivity contribution < 1.29 is 4.74 Å². The fourth-order valence-corrected chi connectivity index (χ4v) is 3.39. The number of nitrogens with zero attached hydrogens (tertiary/aromatic N) is 2. The van der Waals surface area contributed by atoms with Gasteiger partial charge in [-0.25, -0.2) is 0 Å². The molecule has 1 heterocycles. The highest BCUT2D eigenvalue weighted by molar-refractivity contribution is 7.09. The Morgan fingerprint density at radius 2 is 1.92 bits per heavy atom. The summed E-state index contributed by atoms with van der Waals surface area (Å²) in [4.78, 5) is 7.98. The lowest BCUT2D eigenvalue weighted by Crippen LogP contribution is -2.40. The number of benzene rings is 1. The maximum atomic E-state index is 5.73. The zero-order chi connectivity index (χ0) is 18.5. The predicted molar refractivity (Wildman–Crippen MR) is 112 cm³/mol. The second-order valence-corrected chi connectivity index (χ2v) is 7.31. The molecule has 0 aliphatic rings. The molecular formula is C21H31N3OS. The van der Waals surface area contributed by atoms with Crippen LogP contribution in [0.2, 0.25) is 0 Å². The van der Waals surface area contributed by atoms with Crippen molar-refractivity contribution >= 4 is 17.3 Å². The Balaban J connectivity index is 1.49. The van der Waals surface area contributed by atoms with Crippen LogP contribution in [0.25, 0.3) is 0 Å². The normalized spacial score (nSPS) is 11.5. The maximum Gasteiger partial charge on any atom is 0.193 e. The van der Waals surface area contributed by atoms with E-state index in [2.05, 4.69) is 64.0 Å². The molecule has 0 fully saturated rings. The molecule has 5 heteroatoms. The minimum Gasteiger partial charge on any atom is -0.381 e. The highest BCUT2D eigenvalue weighted by atomic mass is 32.1. The number of hydrogen-bond acceptors (Lipinski definition) is 3. The van der Waals surface area contributed by atoms with Crippen molar-refractivity contribution in [2.75, 3.05) is 40.4 Å². The van der Waals surface area contributed by atoms with Gasteiger partial charge in [-0.15, -0.1) is 11.3 Å². The van der Waals surface area contributed by atoms with Crippen molar-refractivity contribution in [2.45, 2.75) is 25.7 Å². The van der Waals surface area contributed by atoms with Crippen molar-refractivity contribution in [1.29, 1.82) is 0 Å². The third kappa shape index (κ3) is 8.02. The summed E-state index contributed by atoms with van der Waals surface area (Å²) in [5, 5.41) is 5.57. The molecule has 0 radical (unpaired) electrons. The molecule has 4 nitrogen and oxygen atoms in total. The number of likely N-dealkylation sites (N-methyl/N-ethyl adjacent to an activating group) is 1. The smallest absolute Gasteiger partial charge is 0.193 e. The van der Waals surface area contributed by atoms with Crippen LogP contribution in [0.1, 0.15) is 23.3 Å². The zero-order valence-corrected chi connectivity index (χ0v) is 16.8. The molecule has 1 N–H and O–H groups in total. The average Bonchev–Trinajstić information content (AvgIpc) is 3.19. The Morgan fingerprint density at radius 1 is 1.08 bits per heavy atom. The number of unbranched alkanes of at least 4 members (excludes halogenated alkanes) is 1. The van der Waals surface area contributed by atoms with Gasteiger partial charge in [0.05, 0.1) is 6.61 Å². The van der Waals surface area contributed by atoms with E-state index >= 15 is 0 Å². The maximum absolute atomic E-state index is 5.73. The van der Waals surface area contributed by atoms with E-state index in [-0.39, 0.29) is 0 Å². The fourth-order valence-electron chi connectivity index (χ4n) is 2.69. The van der Waals surface area contributed by atoms with Gasteiger partial charge < -0.3 is 15.0 Å². The summed E-state index contributed by atoms with van der Waals surface area (Å²) in [6.45, 7) is 3.52. The lowest BCUT2D eigenvalue weighted by molar-refractivity contribution is 0.133. The van der Waals surface area contributed by atoms with Crippen LogP contribution >= 0.6 is 11.3 Å². The van der Waals surface area contributed by atoms with Crippen LogP contribution in [0.15, 0.2) is 52.8 Å². The van der Waals surface area contributed by atoms with Gasteiger partial charge in [-0.2, -0.15) is 0 Å². The Hall–Kier alpha value is -1.85. The average molecular weight is 374 g/mol. The standard InChI is InChI=1S/C21H31N3OS/c1-22-21(24(2)15-12-20-11-8-18-26-20)23-14-6-7-16-25-17-13-19-9-4-3-5-10-19/h3-5,8-11,18H,6-7,12-17H2,1-2H3,(H,22,23). The third-order valence-corrected chi connectivity index (χ3v) is 5.16. The molecule has 142 valence electrons. The first-order valence-electron chi connectivity index (χ1n) is 9.35. The molecule has 26 heavy (non-hydrogen) atoms. The molecule has 0 aliphatic carbocycles. The van der Waals surface area contributed by atoms with Crippen LogP contribution < -0.4 is 5.32 Å². The van der Waals surface area contributed by atoms with E-state index in [1.807, 2.05) is 24.5 Å². The van der Waals surface area contributed by atoms with Crippen LogP contribution in [0, 0.1) is 0 Å². The van der Waals surface area contributed by atoms with E-state index in [1.165, 1.54) is 10.4 Å². The summed E-state index contributed by atoms with van der Waals surface area (Å²) < 4.78 is 5.73. The summed E-state index contributed by atoms with van der Waals surface area (Å²) in [5.74, 6) is 0.964. The van der Waals surface area contributed by atoms with Gasteiger partial charge in [-0.1, -0.05) is 36.4 Å². The zero-order valence-electron chi connectivity index (χ0n) is 16.0. The highest BCUT2D eigenvalue weighted by Crippen LogP contribution is 2.09. The molecule has 2 aromatic rings. The quantitative estimate of drug-likeness (QED) is 0.369. The number of aliphatic imine (C=N–C) groups is 1. The summed E-state index contributed by atoms with van der Waals surface area (Å²) in [7, 11) is 3.94. The number of nitrogens with one attached hydrogen (secondary N) is 1. The van der Waals surface area contributed by atoms with Crippen molar-refractivity contribution in [1.82, 2.24) is 10.2 Å². The minimum atomic E-state index is 0.796. The molecule has 0 bridgehead atoms. The Kier molecular flexibility index (Phi) is 9.83. The molecule has 0 spiro atoms. The van der Waals surface area contributed by atoms with Gasteiger partial charge >= 0.3 is 0 Å². The van der Waals surface area contributed by atoms with E-state index < -0.39 is 0 Å². The Morgan fingerprint density at radius 3 is 2.65 bits per heavy atom.